The molecule has 116 valence electrons. The summed E-state index contributed by atoms with van der Waals surface area (Å²) in [6.45, 7) is 0.144. The first-order chi connectivity index (χ1) is 11.2. The molecule has 7 heteroatoms. The van der Waals surface area contributed by atoms with E-state index in [4.69, 9.17) is 4.42 Å². The van der Waals surface area contributed by atoms with Crippen LogP contribution in [0.15, 0.2) is 58.4 Å². The van der Waals surface area contributed by atoms with Crippen molar-refractivity contribution in [2.75, 3.05) is 0 Å². The summed E-state index contributed by atoms with van der Waals surface area (Å²) in [5.74, 6) is -1.06. The molecule has 3 aromatic rings. The number of nitrogens with zero attached hydrogens (tertiary/aromatic N) is 1. The zero-order valence-electron chi connectivity index (χ0n) is 12.1. The number of aromatic nitrogens is 1. The van der Waals surface area contributed by atoms with Gasteiger partial charge in [-0.1, -0.05) is 18.2 Å². The van der Waals surface area contributed by atoms with Gasteiger partial charge in [-0.15, -0.1) is 0 Å². The number of nitrogens with one attached hydrogen (secondary N) is 3. The van der Waals surface area contributed by atoms with E-state index in [9.17, 15) is 9.59 Å². The van der Waals surface area contributed by atoms with Crippen molar-refractivity contribution in [3.05, 3.63) is 60.2 Å². The van der Waals surface area contributed by atoms with E-state index >= 15 is 0 Å². The van der Waals surface area contributed by atoms with E-state index in [2.05, 4.69) is 20.8 Å². The van der Waals surface area contributed by atoms with Crippen molar-refractivity contribution in [3.63, 3.8) is 0 Å². The third-order valence-corrected chi connectivity index (χ3v) is 3.20. The van der Waals surface area contributed by atoms with E-state index < -0.39 is 11.8 Å². The predicted octanol–water partition coefficient (Wildman–Crippen LogP) is 1.53. The minimum atomic E-state index is -0.840. The monoisotopic (exact) mass is 310 g/mol. The maximum absolute atomic E-state index is 11.6. The van der Waals surface area contributed by atoms with Crippen LogP contribution in [-0.4, -0.2) is 23.0 Å². The molecule has 1 aromatic carbocycles. The van der Waals surface area contributed by atoms with Crippen molar-refractivity contribution >= 4 is 28.9 Å². The number of amides is 2. The normalized spacial score (nSPS) is 11.0. The summed E-state index contributed by atoms with van der Waals surface area (Å²) in [7, 11) is 0. The summed E-state index contributed by atoms with van der Waals surface area (Å²) >= 11 is 0. The van der Waals surface area contributed by atoms with Crippen LogP contribution in [0.25, 0.3) is 10.9 Å². The molecule has 0 radical (unpaired) electrons. The van der Waals surface area contributed by atoms with Crippen LogP contribution in [0.4, 0.5) is 0 Å². The van der Waals surface area contributed by atoms with Crippen molar-refractivity contribution in [3.8, 4) is 0 Å². The lowest BCUT2D eigenvalue weighted by Gasteiger charge is -2.01. The van der Waals surface area contributed by atoms with Gasteiger partial charge in [0.05, 0.1) is 19.0 Å². The minimum Gasteiger partial charge on any atom is -0.467 e. The summed E-state index contributed by atoms with van der Waals surface area (Å²) in [6, 6.07) is 11.1. The molecule has 3 N–H and O–H groups in total. The largest absolute Gasteiger partial charge is 0.467 e. The van der Waals surface area contributed by atoms with E-state index in [0.717, 1.165) is 16.5 Å². The Bertz CT molecular complexity index is 849. The molecule has 0 aliphatic heterocycles. The minimum absolute atomic E-state index is 0.144. The van der Waals surface area contributed by atoms with Crippen LogP contribution >= 0.6 is 0 Å². The SMILES string of the molecule is O=C(NCc1ccco1)C(=O)N/N=C/c1c[nH]c2ccccc12. The molecule has 23 heavy (non-hydrogen) atoms. The van der Waals surface area contributed by atoms with Crippen molar-refractivity contribution in [2.45, 2.75) is 6.54 Å². The maximum Gasteiger partial charge on any atom is 0.329 e. The van der Waals surface area contributed by atoms with Gasteiger partial charge < -0.3 is 14.7 Å². The van der Waals surface area contributed by atoms with Crippen LogP contribution in [-0.2, 0) is 16.1 Å². The van der Waals surface area contributed by atoms with Crippen LogP contribution in [0.2, 0.25) is 0 Å². The number of carbonyl (C=O) groups excluding carboxylic acids is 2. The summed E-state index contributed by atoms with van der Waals surface area (Å²) in [5.41, 5.74) is 3.97. The zero-order chi connectivity index (χ0) is 16.1. The second kappa shape index (κ2) is 6.61. The van der Waals surface area contributed by atoms with Gasteiger partial charge in [-0.05, 0) is 18.2 Å². The molecule has 3 rings (SSSR count). The molecule has 0 aliphatic rings. The van der Waals surface area contributed by atoms with Crippen molar-refractivity contribution in [2.24, 2.45) is 5.10 Å². The average Bonchev–Trinajstić information content (AvgIpc) is 3.22. The van der Waals surface area contributed by atoms with Gasteiger partial charge in [0.1, 0.15) is 5.76 Å². The molecule has 2 aromatic heterocycles. The number of benzene rings is 1. The van der Waals surface area contributed by atoms with E-state index in [-0.39, 0.29) is 6.54 Å². The highest BCUT2D eigenvalue weighted by atomic mass is 16.3. The molecule has 0 saturated carbocycles. The van der Waals surface area contributed by atoms with Gasteiger partial charge in [-0.2, -0.15) is 5.10 Å². The van der Waals surface area contributed by atoms with Crippen LogP contribution in [0, 0.1) is 0 Å². The highest BCUT2D eigenvalue weighted by molar-refractivity contribution is 6.35. The first-order valence-electron chi connectivity index (χ1n) is 6.94. The highest BCUT2D eigenvalue weighted by Crippen LogP contribution is 2.15. The molecule has 0 saturated heterocycles. The molecule has 2 heterocycles. The highest BCUT2D eigenvalue weighted by Gasteiger charge is 2.12. The summed E-state index contributed by atoms with van der Waals surface area (Å²) in [6.07, 6.45) is 4.75. The number of H-pyrrole nitrogens is 1. The molecule has 0 fully saturated rings. The molecule has 0 unspecified atom stereocenters. The first-order valence-corrected chi connectivity index (χ1v) is 6.94. The Balaban J connectivity index is 1.54. The van der Waals surface area contributed by atoms with Gasteiger partial charge in [0, 0.05) is 22.7 Å². The van der Waals surface area contributed by atoms with Gasteiger partial charge in [0.2, 0.25) is 0 Å². The Kier molecular flexibility index (Phi) is 4.19. The Hall–Kier alpha value is -3.35. The van der Waals surface area contributed by atoms with Gasteiger partial charge in [0.15, 0.2) is 0 Å². The van der Waals surface area contributed by atoms with Crippen LogP contribution in [0.3, 0.4) is 0 Å². The molecule has 0 spiro atoms. The molecular weight excluding hydrogens is 296 g/mol. The lowest BCUT2D eigenvalue weighted by molar-refractivity contribution is -0.139. The fraction of sp³-hybridized carbons (Fsp3) is 0.0625. The topological polar surface area (TPSA) is 99.5 Å². The second-order valence-electron chi connectivity index (χ2n) is 4.75. The van der Waals surface area contributed by atoms with Crippen LogP contribution in [0.5, 0.6) is 0 Å². The first kappa shape index (κ1) is 14.6. The van der Waals surface area contributed by atoms with E-state index in [0.29, 0.717) is 5.76 Å². The van der Waals surface area contributed by atoms with E-state index in [1.807, 2.05) is 24.3 Å². The fourth-order valence-electron chi connectivity index (χ4n) is 2.07. The van der Waals surface area contributed by atoms with Gasteiger partial charge >= 0.3 is 11.8 Å². The maximum atomic E-state index is 11.6. The number of carbonyl (C=O) groups is 2. The lowest BCUT2D eigenvalue weighted by Crippen LogP contribution is -2.37. The third-order valence-electron chi connectivity index (χ3n) is 3.20. The number of hydrazone groups is 1. The average molecular weight is 310 g/mol. The number of rotatable bonds is 4. The quantitative estimate of drug-likeness (QED) is 0.387. The number of aromatic amines is 1. The molecule has 2 amide bonds. The smallest absolute Gasteiger partial charge is 0.329 e. The second-order valence-corrected chi connectivity index (χ2v) is 4.75. The van der Waals surface area contributed by atoms with E-state index in [1.165, 1.54) is 12.5 Å². The number of furan rings is 1. The zero-order valence-corrected chi connectivity index (χ0v) is 12.1. The summed E-state index contributed by atoms with van der Waals surface area (Å²) < 4.78 is 5.06. The lowest BCUT2D eigenvalue weighted by atomic mass is 10.2. The van der Waals surface area contributed by atoms with Gasteiger partial charge in [0.25, 0.3) is 0 Å². The molecule has 0 atom stereocenters. The van der Waals surface area contributed by atoms with Crippen molar-refractivity contribution < 1.29 is 14.0 Å². The van der Waals surface area contributed by atoms with Crippen LogP contribution in [0.1, 0.15) is 11.3 Å². The van der Waals surface area contributed by atoms with Crippen molar-refractivity contribution in [1.82, 2.24) is 15.7 Å². The molecule has 0 aliphatic carbocycles. The molecule has 7 nitrogen and oxygen atoms in total. The number of hydrogen-bond donors (Lipinski definition) is 3. The van der Waals surface area contributed by atoms with Crippen LogP contribution < -0.4 is 10.7 Å². The Morgan fingerprint density at radius 2 is 2.04 bits per heavy atom. The standard InChI is InChI=1S/C16H14N4O3/c21-15(18-10-12-4-3-7-23-12)16(22)20-19-9-11-8-17-14-6-2-1-5-13(11)14/h1-9,17H,10H2,(H,18,21)(H,20,22)/b19-9+. The predicted molar refractivity (Wildman–Crippen MR) is 84.6 cm³/mol. The number of para-hydroxylation sites is 1. The Morgan fingerprint density at radius 1 is 1.17 bits per heavy atom. The van der Waals surface area contributed by atoms with Gasteiger partial charge in [-0.3, -0.25) is 9.59 Å². The number of fused-ring (bicyclic) bond motifs is 1. The summed E-state index contributed by atoms with van der Waals surface area (Å²) in [4.78, 5) is 26.3. The molecular formula is C16H14N4O3. The van der Waals surface area contributed by atoms with Crippen molar-refractivity contribution in [1.29, 1.82) is 0 Å². The Morgan fingerprint density at radius 3 is 2.87 bits per heavy atom. The Labute approximate surface area is 131 Å². The summed E-state index contributed by atoms with van der Waals surface area (Å²) in [5, 5.41) is 7.21. The number of hydrogen-bond acceptors (Lipinski definition) is 4. The van der Waals surface area contributed by atoms with E-state index in [1.54, 1.807) is 18.3 Å². The van der Waals surface area contributed by atoms with Gasteiger partial charge in [-0.25, -0.2) is 5.43 Å². The molecule has 0 bridgehead atoms. The fourth-order valence-corrected chi connectivity index (χ4v) is 2.07. The third kappa shape index (κ3) is 3.46.